The summed E-state index contributed by atoms with van der Waals surface area (Å²) in [6.07, 6.45) is 5.17. The minimum absolute atomic E-state index is 0.0841. The summed E-state index contributed by atoms with van der Waals surface area (Å²) >= 11 is 5.50. The smallest absolute Gasteiger partial charge is 0.164 e. The van der Waals surface area contributed by atoms with Gasteiger partial charge in [-0.2, -0.15) is 0 Å². The monoisotopic (exact) mass is 229 g/mol. The molecule has 0 unspecified atom stereocenters. The summed E-state index contributed by atoms with van der Waals surface area (Å²) in [5, 5.41) is 1.99. The van der Waals surface area contributed by atoms with E-state index in [1.54, 1.807) is 6.20 Å². The second kappa shape index (κ2) is 4.77. The van der Waals surface area contributed by atoms with Crippen LogP contribution in [0.4, 0.5) is 10.1 Å². The average Bonchev–Trinajstić information content (AvgIpc) is 2.25. The van der Waals surface area contributed by atoms with Crippen molar-refractivity contribution < 1.29 is 4.39 Å². The maximum Gasteiger partial charge on any atom is 0.164 e. The molecule has 1 N–H and O–H groups in total. The molecule has 82 valence electrons. The maximum atomic E-state index is 13.1. The molecule has 5 heteroatoms. The van der Waals surface area contributed by atoms with Gasteiger partial charge >= 0.3 is 0 Å². The Bertz CT molecular complexity index is 339. The first-order valence-electron chi connectivity index (χ1n) is 5.08. The van der Waals surface area contributed by atoms with Crippen molar-refractivity contribution in [1.82, 2.24) is 9.99 Å². The van der Waals surface area contributed by atoms with Crippen LogP contribution in [0.1, 0.15) is 19.3 Å². The Morgan fingerprint density at radius 3 is 2.73 bits per heavy atom. The SMILES string of the molecule is Fc1cc(NN2CCCCC2)cnc1Cl. The summed E-state index contributed by atoms with van der Waals surface area (Å²) in [6, 6.07) is 1.37. The molecule has 3 nitrogen and oxygen atoms in total. The van der Waals surface area contributed by atoms with E-state index in [1.807, 2.05) is 0 Å². The van der Waals surface area contributed by atoms with Crippen LogP contribution >= 0.6 is 11.6 Å². The summed E-state index contributed by atoms with van der Waals surface area (Å²) in [4.78, 5) is 3.75. The lowest BCUT2D eigenvalue weighted by Gasteiger charge is -2.27. The van der Waals surface area contributed by atoms with Crippen LogP contribution < -0.4 is 5.43 Å². The number of aromatic nitrogens is 1. The number of pyridine rings is 1. The third-order valence-electron chi connectivity index (χ3n) is 2.44. The molecule has 0 spiro atoms. The molecule has 1 aliphatic heterocycles. The molecule has 1 saturated heterocycles. The lowest BCUT2D eigenvalue weighted by Crippen LogP contribution is -2.34. The third kappa shape index (κ3) is 2.79. The molecule has 0 atom stereocenters. The zero-order chi connectivity index (χ0) is 10.7. The van der Waals surface area contributed by atoms with E-state index < -0.39 is 5.82 Å². The molecule has 0 aromatic carbocycles. The number of nitrogens with one attached hydrogen (secondary N) is 1. The van der Waals surface area contributed by atoms with E-state index >= 15 is 0 Å². The van der Waals surface area contributed by atoms with Crippen molar-refractivity contribution in [2.45, 2.75) is 19.3 Å². The summed E-state index contributed by atoms with van der Waals surface area (Å²) in [5.74, 6) is -0.487. The van der Waals surface area contributed by atoms with E-state index in [9.17, 15) is 4.39 Å². The van der Waals surface area contributed by atoms with Gasteiger partial charge in [0.25, 0.3) is 0 Å². The van der Waals surface area contributed by atoms with Gasteiger partial charge in [-0.15, -0.1) is 0 Å². The topological polar surface area (TPSA) is 28.2 Å². The van der Waals surface area contributed by atoms with Crippen LogP contribution in [0, 0.1) is 5.82 Å². The molecule has 1 aromatic heterocycles. The average molecular weight is 230 g/mol. The molecule has 1 aliphatic rings. The second-order valence-electron chi connectivity index (χ2n) is 3.66. The molecule has 1 aromatic rings. The van der Waals surface area contributed by atoms with E-state index in [0.29, 0.717) is 5.69 Å². The summed E-state index contributed by atoms with van der Waals surface area (Å²) in [6.45, 7) is 1.98. The van der Waals surface area contributed by atoms with Crippen molar-refractivity contribution in [2.24, 2.45) is 0 Å². The highest BCUT2D eigenvalue weighted by Crippen LogP contribution is 2.17. The van der Waals surface area contributed by atoms with Crippen LogP contribution in [-0.4, -0.2) is 23.1 Å². The summed E-state index contributed by atoms with van der Waals surface area (Å²) < 4.78 is 13.1. The van der Waals surface area contributed by atoms with Gasteiger partial charge in [-0.3, -0.25) is 0 Å². The first-order valence-corrected chi connectivity index (χ1v) is 5.46. The van der Waals surface area contributed by atoms with Crippen LogP contribution in [0.15, 0.2) is 12.3 Å². The van der Waals surface area contributed by atoms with Crippen molar-refractivity contribution >= 4 is 17.3 Å². The zero-order valence-corrected chi connectivity index (χ0v) is 9.10. The van der Waals surface area contributed by atoms with E-state index in [2.05, 4.69) is 15.4 Å². The Labute approximate surface area is 93.2 Å². The van der Waals surface area contributed by atoms with Crippen molar-refractivity contribution in [3.8, 4) is 0 Å². The lowest BCUT2D eigenvalue weighted by molar-refractivity contribution is 0.273. The zero-order valence-electron chi connectivity index (χ0n) is 8.34. The van der Waals surface area contributed by atoms with Gasteiger partial charge in [0.05, 0.1) is 11.9 Å². The van der Waals surface area contributed by atoms with Gasteiger partial charge in [0, 0.05) is 19.2 Å². The van der Waals surface area contributed by atoms with Crippen molar-refractivity contribution in [2.75, 3.05) is 18.5 Å². The van der Waals surface area contributed by atoms with Gasteiger partial charge in [0.1, 0.15) is 0 Å². The van der Waals surface area contributed by atoms with Crippen LogP contribution in [0.2, 0.25) is 5.15 Å². The number of rotatable bonds is 2. The Morgan fingerprint density at radius 1 is 1.33 bits per heavy atom. The standard InChI is InChI=1S/C10H13ClFN3/c11-10-9(12)6-8(7-13-10)14-15-4-2-1-3-5-15/h6-7,14H,1-5H2. The molecular weight excluding hydrogens is 217 g/mol. The fraction of sp³-hybridized carbons (Fsp3) is 0.500. The van der Waals surface area contributed by atoms with E-state index in [0.717, 1.165) is 13.1 Å². The molecule has 2 heterocycles. The number of anilines is 1. The highest BCUT2D eigenvalue weighted by molar-refractivity contribution is 6.29. The Morgan fingerprint density at radius 2 is 2.07 bits per heavy atom. The minimum Gasteiger partial charge on any atom is -0.317 e. The second-order valence-corrected chi connectivity index (χ2v) is 4.01. The largest absolute Gasteiger partial charge is 0.317 e. The Hall–Kier alpha value is -0.870. The molecule has 0 saturated carbocycles. The number of piperidine rings is 1. The predicted octanol–water partition coefficient (Wildman–Crippen LogP) is 2.69. The van der Waals surface area contributed by atoms with E-state index in [4.69, 9.17) is 11.6 Å². The van der Waals surface area contributed by atoms with Gasteiger partial charge < -0.3 is 5.43 Å². The minimum atomic E-state index is -0.487. The molecular formula is C10H13ClFN3. The van der Waals surface area contributed by atoms with Gasteiger partial charge in [0.15, 0.2) is 11.0 Å². The fourth-order valence-corrected chi connectivity index (χ4v) is 1.77. The van der Waals surface area contributed by atoms with Gasteiger partial charge in [-0.25, -0.2) is 14.4 Å². The summed E-state index contributed by atoms with van der Waals surface area (Å²) in [7, 11) is 0. The highest BCUT2D eigenvalue weighted by atomic mass is 35.5. The summed E-state index contributed by atoms with van der Waals surface area (Å²) in [5.41, 5.74) is 3.77. The van der Waals surface area contributed by atoms with Crippen LogP contribution in [0.5, 0.6) is 0 Å². The van der Waals surface area contributed by atoms with Crippen molar-refractivity contribution in [1.29, 1.82) is 0 Å². The van der Waals surface area contributed by atoms with Gasteiger partial charge in [-0.1, -0.05) is 18.0 Å². The first kappa shape index (κ1) is 10.6. The van der Waals surface area contributed by atoms with Crippen molar-refractivity contribution in [3.05, 3.63) is 23.2 Å². The Kier molecular flexibility index (Phi) is 3.38. The molecule has 2 rings (SSSR count). The van der Waals surface area contributed by atoms with E-state index in [1.165, 1.54) is 25.3 Å². The fourth-order valence-electron chi connectivity index (χ4n) is 1.67. The van der Waals surface area contributed by atoms with Gasteiger partial charge in [0.2, 0.25) is 0 Å². The number of hydrazine groups is 1. The van der Waals surface area contributed by atoms with E-state index in [-0.39, 0.29) is 5.15 Å². The lowest BCUT2D eigenvalue weighted by atomic mass is 10.2. The number of halogens is 2. The molecule has 15 heavy (non-hydrogen) atoms. The molecule has 0 radical (unpaired) electrons. The highest BCUT2D eigenvalue weighted by Gasteiger charge is 2.10. The number of nitrogens with zero attached hydrogens (tertiary/aromatic N) is 2. The Balaban J connectivity index is 2.00. The van der Waals surface area contributed by atoms with Crippen molar-refractivity contribution in [3.63, 3.8) is 0 Å². The third-order valence-corrected chi connectivity index (χ3v) is 2.72. The number of hydrogen-bond donors (Lipinski definition) is 1. The first-order chi connectivity index (χ1) is 7.25. The molecule has 0 bridgehead atoms. The predicted molar refractivity (Wildman–Crippen MR) is 58.3 cm³/mol. The van der Waals surface area contributed by atoms with Crippen LogP contribution in [0.3, 0.4) is 0 Å². The normalized spacial score (nSPS) is 17.7. The molecule has 0 aliphatic carbocycles. The van der Waals surface area contributed by atoms with Gasteiger partial charge in [-0.05, 0) is 12.8 Å². The van der Waals surface area contributed by atoms with Crippen LogP contribution in [0.25, 0.3) is 0 Å². The number of hydrogen-bond acceptors (Lipinski definition) is 3. The quantitative estimate of drug-likeness (QED) is 0.791. The maximum absolute atomic E-state index is 13.1. The molecule has 1 fully saturated rings. The molecule has 0 amide bonds. The van der Waals surface area contributed by atoms with Crippen LogP contribution in [-0.2, 0) is 0 Å².